The highest BCUT2D eigenvalue weighted by Crippen LogP contribution is 2.21. The van der Waals surface area contributed by atoms with Gasteiger partial charge in [-0.15, -0.1) is 0 Å². The Bertz CT molecular complexity index is 1060. The number of hydrogen-bond donors (Lipinski definition) is 2. The minimum Gasteiger partial charge on any atom is -0.507 e. The molecule has 2 N–H and O–H groups in total. The molecule has 29 heavy (non-hydrogen) atoms. The van der Waals surface area contributed by atoms with E-state index in [2.05, 4.69) is 15.6 Å². The summed E-state index contributed by atoms with van der Waals surface area (Å²) in [7, 11) is 1.50. The zero-order valence-electron chi connectivity index (χ0n) is 15.3. The van der Waals surface area contributed by atoms with Crippen LogP contribution >= 0.6 is 0 Å². The molecule has 0 atom stereocenters. The SMILES string of the molecule is COc1ccc(O)c(/C=N/NC(=O)c2ccn(Cc3ccc([N+](=O)[O-])cc3)n2)c1. The predicted molar refractivity (Wildman–Crippen MR) is 104 cm³/mol. The van der Waals surface area contributed by atoms with Crippen LogP contribution in [0.25, 0.3) is 0 Å². The van der Waals surface area contributed by atoms with Gasteiger partial charge in [-0.3, -0.25) is 19.6 Å². The molecule has 1 heterocycles. The van der Waals surface area contributed by atoms with E-state index >= 15 is 0 Å². The molecule has 0 radical (unpaired) electrons. The van der Waals surface area contributed by atoms with Crippen LogP contribution in [0.4, 0.5) is 5.69 Å². The van der Waals surface area contributed by atoms with E-state index in [0.29, 0.717) is 17.9 Å². The van der Waals surface area contributed by atoms with Crippen LogP contribution in [0, 0.1) is 10.1 Å². The van der Waals surface area contributed by atoms with Gasteiger partial charge < -0.3 is 9.84 Å². The Morgan fingerprint density at radius 3 is 2.76 bits per heavy atom. The second-order valence-corrected chi connectivity index (χ2v) is 5.95. The first kappa shape index (κ1) is 19.5. The second-order valence-electron chi connectivity index (χ2n) is 5.95. The van der Waals surface area contributed by atoms with Gasteiger partial charge in [-0.25, -0.2) is 5.43 Å². The third-order valence-electron chi connectivity index (χ3n) is 3.97. The number of aromatic nitrogens is 2. The minimum atomic E-state index is -0.522. The van der Waals surface area contributed by atoms with Crippen LogP contribution in [0.15, 0.2) is 59.8 Å². The number of phenols is 1. The summed E-state index contributed by atoms with van der Waals surface area (Å²) in [4.78, 5) is 22.4. The van der Waals surface area contributed by atoms with Crippen molar-refractivity contribution in [2.45, 2.75) is 6.54 Å². The Kier molecular flexibility index (Phi) is 5.83. The number of carbonyl (C=O) groups excluding carboxylic acids is 1. The Morgan fingerprint density at radius 2 is 2.07 bits per heavy atom. The van der Waals surface area contributed by atoms with Crippen LogP contribution in [-0.4, -0.2) is 39.0 Å². The molecule has 0 unspecified atom stereocenters. The molecule has 0 fully saturated rings. The van der Waals surface area contributed by atoms with E-state index in [1.54, 1.807) is 30.5 Å². The fraction of sp³-hybridized carbons (Fsp3) is 0.105. The van der Waals surface area contributed by atoms with Crippen molar-refractivity contribution < 1.29 is 19.6 Å². The summed E-state index contributed by atoms with van der Waals surface area (Å²) in [6, 6.07) is 12.2. The molecule has 0 spiro atoms. The van der Waals surface area contributed by atoms with Gasteiger partial charge in [0.1, 0.15) is 11.5 Å². The molecule has 0 bridgehead atoms. The number of nitrogens with one attached hydrogen (secondary N) is 1. The number of rotatable bonds is 7. The summed E-state index contributed by atoms with van der Waals surface area (Å²) in [5.41, 5.74) is 3.68. The average molecular weight is 395 g/mol. The quantitative estimate of drug-likeness (QED) is 0.358. The van der Waals surface area contributed by atoms with Gasteiger partial charge in [-0.1, -0.05) is 12.1 Å². The monoisotopic (exact) mass is 395 g/mol. The molecule has 10 heteroatoms. The van der Waals surface area contributed by atoms with Gasteiger partial charge in [0, 0.05) is 23.9 Å². The van der Waals surface area contributed by atoms with Crippen molar-refractivity contribution in [2.75, 3.05) is 7.11 Å². The van der Waals surface area contributed by atoms with E-state index in [-0.39, 0.29) is 17.1 Å². The summed E-state index contributed by atoms with van der Waals surface area (Å²) >= 11 is 0. The molecule has 0 aliphatic carbocycles. The van der Waals surface area contributed by atoms with Crippen molar-refractivity contribution >= 4 is 17.8 Å². The number of nitro benzene ring substituents is 1. The van der Waals surface area contributed by atoms with Crippen LogP contribution in [0.2, 0.25) is 0 Å². The molecular formula is C19H17N5O5. The topological polar surface area (TPSA) is 132 Å². The van der Waals surface area contributed by atoms with E-state index < -0.39 is 10.8 Å². The maximum Gasteiger partial charge on any atom is 0.291 e. The number of phenolic OH excluding ortho intramolecular Hbond substituents is 1. The normalized spacial score (nSPS) is 10.8. The Hall–Kier alpha value is -4.21. The Balaban J connectivity index is 1.61. The molecule has 1 aromatic heterocycles. The first-order valence-electron chi connectivity index (χ1n) is 8.43. The third kappa shape index (κ3) is 4.95. The fourth-order valence-electron chi connectivity index (χ4n) is 2.46. The Morgan fingerprint density at radius 1 is 1.31 bits per heavy atom. The molecule has 0 aliphatic heterocycles. The number of nitrogens with zero attached hydrogens (tertiary/aromatic N) is 4. The van der Waals surface area contributed by atoms with Gasteiger partial charge in [0.05, 0.1) is 24.8 Å². The lowest BCUT2D eigenvalue weighted by atomic mass is 10.2. The lowest BCUT2D eigenvalue weighted by Crippen LogP contribution is -2.18. The number of methoxy groups -OCH3 is 1. The molecular weight excluding hydrogens is 378 g/mol. The molecule has 1 amide bonds. The largest absolute Gasteiger partial charge is 0.507 e. The van der Waals surface area contributed by atoms with Crippen molar-refractivity contribution in [2.24, 2.45) is 5.10 Å². The van der Waals surface area contributed by atoms with Crippen molar-refractivity contribution in [1.82, 2.24) is 15.2 Å². The molecule has 3 aromatic rings. The van der Waals surface area contributed by atoms with Crippen molar-refractivity contribution in [3.8, 4) is 11.5 Å². The van der Waals surface area contributed by atoms with Crippen molar-refractivity contribution in [1.29, 1.82) is 0 Å². The fourth-order valence-corrected chi connectivity index (χ4v) is 2.46. The summed E-state index contributed by atoms with van der Waals surface area (Å²) in [5.74, 6) is 0.0165. The number of benzene rings is 2. The lowest BCUT2D eigenvalue weighted by molar-refractivity contribution is -0.384. The zero-order valence-corrected chi connectivity index (χ0v) is 15.3. The molecule has 10 nitrogen and oxygen atoms in total. The van der Waals surface area contributed by atoms with Gasteiger partial charge in [-0.05, 0) is 29.8 Å². The summed E-state index contributed by atoms with van der Waals surface area (Å²) < 4.78 is 6.61. The van der Waals surface area contributed by atoms with Crippen LogP contribution in [-0.2, 0) is 6.54 Å². The number of hydrogen-bond acceptors (Lipinski definition) is 7. The molecule has 0 aliphatic rings. The van der Waals surface area contributed by atoms with Crippen molar-refractivity contribution in [3.05, 3.63) is 81.7 Å². The van der Waals surface area contributed by atoms with Gasteiger partial charge in [0.15, 0.2) is 5.69 Å². The summed E-state index contributed by atoms with van der Waals surface area (Å²) in [6.45, 7) is 0.353. The predicted octanol–water partition coefficient (Wildman–Crippen LogP) is 2.32. The van der Waals surface area contributed by atoms with Crippen molar-refractivity contribution in [3.63, 3.8) is 0 Å². The highest BCUT2D eigenvalue weighted by molar-refractivity contribution is 5.93. The molecule has 3 rings (SSSR count). The van der Waals surface area contributed by atoms with Crippen LogP contribution in [0.3, 0.4) is 0 Å². The van der Waals surface area contributed by atoms with E-state index in [1.807, 2.05) is 0 Å². The van der Waals surface area contributed by atoms with E-state index in [9.17, 15) is 20.0 Å². The van der Waals surface area contributed by atoms with Crippen LogP contribution in [0.5, 0.6) is 11.5 Å². The van der Waals surface area contributed by atoms with Gasteiger partial charge >= 0.3 is 0 Å². The number of amides is 1. The minimum absolute atomic E-state index is 0.00354. The smallest absolute Gasteiger partial charge is 0.291 e. The molecule has 148 valence electrons. The summed E-state index contributed by atoms with van der Waals surface area (Å²) in [6.07, 6.45) is 2.91. The first-order valence-corrected chi connectivity index (χ1v) is 8.43. The van der Waals surface area contributed by atoms with Gasteiger partial charge in [0.2, 0.25) is 0 Å². The van der Waals surface area contributed by atoms with Crippen LogP contribution in [0.1, 0.15) is 21.6 Å². The number of hydrazone groups is 1. The maximum atomic E-state index is 12.2. The zero-order chi connectivity index (χ0) is 20.8. The molecule has 0 saturated heterocycles. The van der Waals surface area contributed by atoms with Crippen LogP contribution < -0.4 is 10.2 Å². The Labute approximate surface area is 165 Å². The van der Waals surface area contributed by atoms with Gasteiger partial charge in [0.25, 0.3) is 11.6 Å². The van der Waals surface area contributed by atoms with Gasteiger partial charge in [-0.2, -0.15) is 10.2 Å². The number of ether oxygens (including phenoxy) is 1. The number of aromatic hydroxyl groups is 1. The number of nitro groups is 1. The standard InChI is InChI=1S/C19H17N5O5/c1-29-16-6-7-18(25)14(10-16)11-20-21-19(26)17-8-9-23(22-17)12-13-2-4-15(5-3-13)24(27)28/h2-11,25H,12H2,1H3,(H,21,26)/b20-11+. The van der Waals surface area contributed by atoms with E-state index in [4.69, 9.17) is 4.74 Å². The highest BCUT2D eigenvalue weighted by atomic mass is 16.6. The van der Waals surface area contributed by atoms with E-state index in [1.165, 1.54) is 42.3 Å². The highest BCUT2D eigenvalue weighted by Gasteiger charge is 2.10. The third-order valence-corrected chi connectivity index (χ3v) is 3.97. The summed E-state index contributed by atoms with van der Waals surface area (Å²) in [5, 5.41) is 28.5. The number of non-ortho nitro benzene ring substituents is 1. The molecule has 0 saturated carbocycles. The maximum absolute atomic E-state index is 12.2. The lowest BCUT2D eigenvalue weighted by Gasteiger charge is -2.03. The average Bonchev–Trinajstić information content (AvgIpc) is 3.18. The number of carbonyl (C=O) groups is 1. The van der Waals surface area contributed by atoms with E-state index in [0.717, 1.165) is 5.56 Å². The second kappa shape index (κ2) is 8.65. The molecule has 2 aromatic carbocycles. The first-order chi connectivity index (χ1) is 14.0.